The van der Waals surface area contributed by atoms with Gasteiger partial charge >= 0.3 is 6.09 Å². The highest BCUT2D eigenvalue weighted by molar-refractivity contribution is 5.69. The van der Waals surface area contributed by atoms with Crippen LogP contribution in [0.5, 0.6) is 0 Å². The van der Waals surface area contributed by atoms with Gasteiger partial charge in [0, 0.05) is 45.0 Å². The smallest absolute Gasteiger partial charge is 0.410 e. The zero-order valence-electron chi connectivity index (χ0n) is 15.9. The van der Waals surface area contributed by atoms with Gasteiger partial charge in [0.05, 0.1) is 0 Å². The fraction of sp³-hybridized carbons (Fsp3) is 0.632. The second-order valence-corrected chi connectivity index (χ2v) is 8.09. The molecule has 0 bridgehead atoms. The monoisotopic (exact) mass is 349 g/mol. The molecule has 6 heteroatoms. The van der Waals surface area contributed by atoms with Crippen LogP contribution in [0.15, 0.2) is 6.07 Å². The number of piperazine rings is 1. The molecule has 0 aromatic heterocycles. The number of anilines is 1. The van der Waals surface area contributed by atoms with E-state index in [-0.39, 0.29) is 11.9 Å². The van der Waals surface area contributed by atoms with Crippen molar-refractivity contribution in [3.63, 3.8) is 0 Å². The molecule has 0 aliphatic carbocycles. The Labute approximate surface area is 149 Å². The fourth-order valence-electron chi connectivity index (χ4n) is 3.57. The molecule has 0 atom stereocenters. The highest BCUT2D eigenvalue weighted by atomic mass is 19.1. The first-order chi connectivity index (χ1) is 11.7. The molecule has 0 radical (unpaired) electrons. The highest BCUT2D eigenvalue weighted by Gasteiger charge is 2.30. The Morgan fingerprint density at radius 1 is 1.12 bits per heavy atom. The van der Waals surface area contributed by atoms with Crippen molar-refractivity contribution in [2.45, 2.75) is 46.4 Å². The van der Waals surface area contributed by atoms with Crippen LogP contribution in [0.3, 0.4) is 0 Å². The molecule has 1 aromatic carbocycles. The summed E-state index contributed by atoms with van der Waals surface area (Å²) in [6.07, 6.45) is -0.271. The third kappa shape index (κ3) is 3.73. The molecule has 2 heterocycles. The van der Waals surface area contributed by atoms with E-state index in [1.807, 2.05) is 27.7 Å². The van der Waals surface area contributed by atoms with Crippen molar-refractivity contribution in [2.75, 3.05) is 38.1 Å². The number of nitrogens with zero attached hydrogens (tertiary/aromatic N) is 3. The fourth-order valence-corrected chi connectivity index (χ4v) is 3.57. The maximum Gasteiger partial charge on any atom is 0.410 e. The van der Waals surface area contributed by atoms with Gasteiger partial charge in [-0.1, -0.05) is 0 Å². The number of hydrogen-bond acceptors (Lipinski definition) is 4. The number of carbonyl (C=O) groups is 1. The lowest BCUT2D eigenvalue weighted by Crippen LogP contribution is -2.50. The maximum atomic E-state index is 14.4. The molecule has 138 valence electrons. The third-order valence-electron chi connectivity index (χ3n) is 4.88. The number of benzene rings is 1. The van der Waals surface area contributed by atoms with Crippen LogP contribution >= 0.6 is 0 Å². The second-order valence-electron chi connectivity index (χ2n) is 8.09. The first kappa shape index (κ1) is 18.0. The van der Waals surface area contributed by atoms with Crippen molar-refractivity contribution in [1.82, 2.24) is 9.80 Å². The lowest BCUT2D eigenvalue weighted by molar-refractivity contribution is 0.0240. The number of amides is 1. The Morgan fingerprint density at radius 2 is 1.72 bits per heavy atom. The zero-order chi connectivity index (χ0) is 18.4. The molecule has 2 aliphatic heterocycles. The molecule has 3 rings (SSSR count). The van der Waals surface area contributed by atoms with E-state index in [1.165, 1.54) is 5.56 Å². The molecule has 1 fully saturated rings. The molecule has 25 heavy (non-hydrogen) atoms. The summed E-state index contributed by atoms with van der Waals surface area (Å²) >= 11 is 0. The van der Waals surface area contributed by atoms with Crippen LogP contribution in [-0.2, 0) is 17.8 Å². The third-order valence-corrected chi connectivity index (χ3v) is 4.88. The molecule has 5 nitrogen and oxygen atoms in total. The lowest BCUT2D eigenvalue weighted by Gasteiger charge is -2.37. The molecule has 2 aliphatic rings. The van der Waals surface area contributed by atoms with Crippen molar-refractivity contribution < 1.29 is 13.9 Å². The van der Waals surface area contributed by atoms with E-state index in [0.29, 0.717) is 26.2 Å². The van der Waals surface area contributed by atoms with Crippen LogP contribution < -0.4 is 4.90 Å². The number of hydrogen-bond donors (Lipinski definition) is 0. The Hall–Kier alpha value is -1.82. The van der Waals surface area contributed by atoms with E-state index in [0.717, 1.165) is 29.9 Å². The molecule has 0 N–H and O–H groups in total. The van der Waals surface area contributed by atoms with Crippen LogP contribution in [0.4, 0.5) is 14.9 Å². The van der Waals surface area contributed by atoms with Gasteiger partial charge in [0.2, 0.25) is 0 Å². The minimum atomic E-state index is -0.486. The molecule has 0 saturated carbocycles. The van der Waals surface area contributed by atoms with Crippen LogP contribution in [0.25, 0.3) is 0 Å². The summed E-state index contributed by atoms with van der Waals surface area (Å²) in [6.45, 7) is 11.7. The quantitative estimate of drug-likeness (QED) is 0.780. The van der Waals surface area contributed by atoms with Crippen molar-refractivity contribution >= 4 is 11.8 Å². The average molecular weight is 349 g/mol. The summed E-state index contributed by atoms with van der Waals surface area (Å²) < 4.78 is 19.8. The first-order valence-electron chi connectivity index (χ1n) is 8.88. The minimum absolute atomic E-state index is 0.140. The van der Waals surface area contributed by atoms with Gasteiger partial charge in [0.25, 0.3) is 0 Å². The predicted molar refractivity (Wildman–Crippen MR) is 96.3 cm³/mol. The summed E-state index contributed by atoms with van der Waals surface area (Å²) in [5.74, 6) is -0.140. The Balaban J connectivity index is 1.73. The van der Waals surface area contributed by atoms with Gasteiger partial charge in [0.1, 0.15) is 11.4 Å². The van der Waals surface area contributed by atoms with Gasteiger partial charge in [-0.15, -0.1) is 0 Å². The van der Waals surface area contributed by atoms with Gasteiger partial charge in [-0.05, 0) is 57.5 Å². The molecule has 1 saturated heterocycles. The van der Waals surface area contributed by atoms with Crippen LogP contribution in [-0.4, -0.2) is 54.7 Å². The van der Waals surface area contributed by atoms with Crippen molar-refractivity contribution in [2.24, 2.45) is 0 Å². The standard InChI is InChI=1S/C19H28FN3O2/c1-13-14-11-21(5)12-15(14)17(10-16(13)20)22-6-8-23(9-7-22)18(24)25-19(2,3)4/h10H,6-9,11-12H2,1-5H3. The Bertz CT molecular complexity index is 676. The van der Waals surface area contributed by atoms with E-state index in [2.05, 4.69) is 16.8 Å². The summed E-state index contributed by atoms with van der Waals surface area (Å²) in [4.78, 5) is 18.3. The average Bonchev–Trinajstić information content (AvgIpc) is 2.91. The maximum absolute atomic E-state index is 14.4. The van der Waals surface area contributed by atoms with Gasteiger partial charge in [-0.25, -0.2) is 9.18 Å². The molecular formula is C19H28FN3O2. The van der Waals surface area contributed by atoms with E-state index in [4.69, 9.17) is 4.74 Å². The van der Waals surface area contributed by atoms with Crippen LogP contribution in [0.2, 0.25) is 0 Å². The molecule has 1 amide bonds. The number of fused-ring (bicyclic) bond motifs is 1. The predicted octanol–water partition coefficient (Wildman–Crippen LogP) is 3.14. The van der Waals surface area contributed by atoms with Crippen molar-refractivity contribution in [1.29, 1.82) is 0 Å². The van der Waals surface area contributed by atoms with E-state index in [1.54, 1.807) is 11.0 Å². The molecular weight excluding hydrogens is 321 g/mol. The van der Waals surface area contributed by atoms with Crippen LogP contribution in [0.1, 0.15) is 37.5 Å². The molecule has 0 unspecified atom stereocenters. The van der Waals surface area contributed by atoms with Gasteiger partial charge < -0.3 is 14.5 Å². The number of carbonyl (C=O) groups excluding carboxylic acids is 1. The van der Waals surface area contributed by atoms with Crippen LogP contribution in [0, 0.1) is 12.7 Å². The largest absolute Gasteiger partial charge is 0.444 e. The van der Waals surface area contributed by atoms with Gasteiger partial charge in [-0.2, -0.15) is 0 Å². The Kier molecular flexibility index (Phi) is 4.66. The number of rotatable bonds is 1. The normalized spacial score (nSPS) is 18.5. The zero-order valence-corrected chi connectivity index (χ0v) is 15.9. The molecule has 1 aromatic rings. The topological polar surface area (TPSA) is 36.0 Å². The summed E-state index contributed by atoms with van der Waals surface area (Å²) in [7, 11) is 2.06. The first-order valence-corrected chi connectivity index (χ1v) is 8.88. The SMILES string of the molecule is Cc1c(F)cc(N2CCN(C(=O)OC(C)(C)C)CC2)c2c1CN(C)C2. The number of ether oxygens (including phenoxy) is 1. The van der Waals surface area contributed by atoms with Gasteiger partial charge in [-0.3, -0.25) is 4.90 Å². The minimum Gasteiger partial charge on any atom is -0.444 e. The number of halogens is 1. The highest BCUT2D eigenvalue weighted by Crippen LogP contribution is 2.35. The summed E-state index contributed by atoms with van der Waals surface area (Å²) in [5.41, 5.74) is 3.60. The van der Waals surface area contributed by atoms with Gasteiger partial charge in [0.15, 0.2) is 0 Å². The summed E-state index contributed by atoms with van der Waals surface area (Å²) in [5, 5.41) is 0. The molecule has 0 spiro atoms. The van der Waals surface area contributed by atoms with Crippen molar-refractivity contribution in [3.05, 3.63) is 28.6 Å². The second kappa shape index (κ2) is 6.48. The van der Waals surface area contributed by atoms with E-state index >= 15 is 0 Å². The lowest BCUT2D eigenvalue weighted by atomic mass is 10.0. The Morgan fingerprint density at radius 3 is 2.32 bits per heavy atom. The van der Waals surface area contributed by atoms with E-state index < -0.39 is 5.60 Å². The van der Waals surface area contributed by atoms with E-state index in [9.17, 15) is 9.18 Å². The summed E-state index contributed by atoms with van der Waals surface area (Å²) in [6, 6.07) is 1.66. The van der Waals surface area contributed by atoms with Crippen molar-refractivity contribution in [3.8, 4) is 0 Å².